The molecule has 0 unspecified atom stereocenters. The van der Waals surface area contributed by atoms with Gasteiger partial charge >= 0.3 is 0 Å². The summed E-state index contributed by atoms with van der Waals surface area (Å²) in [6.07, 6.45) is 1.09. The largest absolute Gasteiger partial charge is 0.335 e. The molecule has 0 atom stereocenters. The predicted octanol–water partition coefficient (Wildman–Crippen LogP) is 2.44. The van der Waals surface area contributed by atoms with Gasteiger partial charge in [0, 0.05) is 37.8 Å². The second-order valence-corrected chi connectivity index (χ2v) is 6.55. The monoisotopic (exact) mass is 317 g/mol. The van der Waals surface area contributed by atoms with E-state index in [0.717, 1.165) is 32.6 Å². The Bertz CT molecular complexity index is 818. The first kappa shape index (κ1) is 14.9. The number of hydrogen-bond donors (Lipinski definition) is 0. The topological polar surface area (TPSA) is 47.3 Å². The van der Waals surface area contributed by atoms with Gasteiger partial charge in [-0.2, -0.15) is 5.26 Å². The minimum atomic E-state index is 0.0285. The number of rotatable bonds is 2. The molecule has 0 spiro atoms. The lowest BCUT2D eigenvalue weighted by atomic mass is 9.96. The van der Waals surface area contributed by atoms with Crippen LogP contribution >= 0.6 is 0 Å². The Morgan fingerprint density at radius 3 is 2.67 bits per heavy atom. The molecule has 1 fully saturated rings. The van der Waals surface area contributed by atoms with Crippen molar-refractivity contribution in [2.24, 2.45) is 0 Å². The number of nitrogens with zero attached hydrogens (tertiary/aromatic N) is 3. The van der Waals surface area contributed by atoms with Crippen LogP contribution in [0.25, 0.3) is 0 Å². The molecule has 120 valence electrons. The third-order valence-corrected chi connectivity index (χ3v) is 5.06. The molecule has 0 N–H and O–H groups in total. The maximum atomic E-state index is 12.5. The smallest absolute Gasteiger partial charge is 0.254 e. The number of amides is 1. The van der Waals surface area contributed by atoms with Crippen molar-refractivity contribution >= 4 is 5.91 Å². The molecule has 0 saturated carbocycles. The first-order valence-corrected chi connectivity index (χ1v) is 8.35. The van der Waals surface area contributed by atoms with Gasteiger partial charge in [0.1, 0.15) is 0 Å². The summed E-state index contributed by atoms with van der Waals surface area (Å²) in [6.45, 7) is 3.59. The van der Waals surface area contributed by atoms with E-state index >= 15 is 0 Å². The van der Waals surface area contributed by atoms with Gasteiger partial charge < -0.3 is 4.90 Å². The lowest BCUT2D eigenvalue weighted by Gasteiger charge is -2.47. The van der Waals surface area contributed by atoms with E-state index in [4.69, 9.17) is 5.26 Å². The van der Waals surface area contributed by atoms with E-state index < -0.39 is 0 Å². The molecule has 0 bridgehead atoms. The second-order valence-electron chi connectivity index (χ2n) is 6.55. The maximum Gasteiger partial charge on any atom is 0.254 e. The van der Waals surface area contributed by atoms with Crippen molar-refractivity contribution in [3.63, 3.8) is 0 Å². The van der Waals surface area contributed by atoms with Crippen LogP contribution in [0.3, 0.4) is 0 Å². The van der Waals surface area contributed by atoms with E-state index in [1.54, 1.807) is 24.3 Å². The van der Waals surface area contributed by atoms with Crippen LogP contribution in [0.1, 0.15) is 27.0 Å². The summed E-state index contributed by atoms with van der Waals surface area (Å²) >= 11 is 0. The molecule has 2 heterocycles. The molecule has 2 aliphatic heterocycles. The molecule has 4 rings (SSSR count). The number of carbonyl (C=O) groups excluding carboxylic acids is 1. The summed E-state index contributed by atoms with van der Waals surface area (Å²) in [6, 6.07) is 18.1. The Morgan fingerprint density at radius 2 is 1.88 bits per heavy atom. The number of hydrogen-bond acceptors (Lipinski definition) is 3. The van der Waals surface area contributed by atoms with Crippen molar-refractivity contribution in [1.29, 1.82) is 5.26 Å². The van der Waals surface area contributed by atoms with Gasteiger partial charge in [-0.15, -0.1) is 0 Å². The van der Waals surface area contributed by atoms with Gasteiger partial charge in [0.25, 0.3) is 5.91 Å². The predicted molar refractivity (Wildman–Crippen MR) is 91.4 cm³/mol. The molecule has 4 nitrogen and oxygen atoms in total. The Hall–Kier alpha value is -2.64. The van der Waals surface area contributed by atoms with Crippen LogP contribution in [0.5, 0.6) is 0 Å². The highest BCUT2D eigenvalue weighted by atomic mass is 16.2. The van der Waals surface area contributed by atoms with Gasteiger partial charge in [0.15, 0.2) is 0 Å². The summed E-state index contributed by atoms with van der Waals surface area (Å²) in [7, 11) is 0. The van der Waals surface area contributed by atoms with Crippen LogP contribution in [0.2, 0.25) is 0 Å². The third-order valence-electron chi connectivity index (χ3n) is 5.06. The summed E-state index contributed by atoms with van der Waals surface area (Å²) in [5, 5.41) is 8.96. The van der Waals surface area contributed by atoms with Crippen LogP contribution < -0.4 is 0 Å². The molecule has 0 aromatic heterocycles. The Balaban J connectivity index is 1.38. The molecule has 1 saturated heterocycles. The Labute approximate surface area is 141 Å². The number of benzene rings is 2. The Kier molecular flexibility index (Phi) is 3.79. The van der Waals surface area contributed by atoms with Gasteiger partial charge in [-0.3, -0.25) is 9.69 Å². The highest BCUT2D eigenvalue weighted by Gasteiger charge is 2.36. The fraction of sp³-hybridized carbons (Fsp3) is 0.300. The summed E-state index contributed by atoms with van der Waals surface area (Å²) in [4.78, 5) is 16.9. The van der Waals surface area contributed by atoms with Gasteiger partial charge in [-0.05, 0) is 35.7 Å². The van der Waals surface area contributed by atoms with Gasteiger partial charge in [-0.25, -0.2) is 0 Å². The van der Waals surface area contributed by atoms with E-state index in [9.17, 15) is 4.79 Å². The molecule has 1 amide bonds. The zero-order chi connectivity index (χ0) is 16.5. The van der Waals surface area contributed by atoms with Gasteiger partial charge in [0.05, 0.1) is 11.6 Å². The Morgan fingerprint density at radius 1 is 1.08 bits per heavy atom. The fourth-order valence-electron chi connectivity index (χ4n) is 3.59. The van der Waals surface area contributed by atoms with Crippen molar-refractivity contribution in [3.8, 4) is 6.07 Å². The van der Waals surface area contributed by atoms with Crippen LogP contribution in [0.15, 0.2) is 48.5 Å². The van der Waals surface area contributed by atoms with Crippen molar-refractivity contribution in [3.05, 3.63) is 70.8 Å². The van der Waals surface area contributed by atoms with Gasteiger partial charge in [-0.1, -0.05) is 30.3 Å². The average molecular weight is 317 g/mol. The first-order valence-electron chi connectivity index (χ1n) is 8.35. The third kappa shape index (κ3) is 2.68. The standard InChI is InChI=1S/C20H19N3O/c21-11-15-4-3-7-17(10-15)20(24)23-13-19(14-23)22-9-8-16-5-1-2-6-18(16)12-22/h1-7,10,19H,8-9,12-14H2. The number of carbonyl (C=O) groups is 1. The minimum Gasteiger partial charge on any atom is -0.335 e. The highest BCUT2D eigenvalue weighted by molar-refractivity contribution is 5.95. The van der Waals surface area contributed by atoms with Gasteiger partial charge in [0.2, 0.25) is 0 Å². The normalized spacial score (nSPS) is 17.7. The molecule has 0 aliphatic carbocycles. The fourth-order valence-corrected chi connectivity index (χ4v) is 3.59. The molecular weight excluding hydrogens is 298 g/mol. The first-order chi connectivity index (χ1) is 11.7. The van der Waals surface area contributed by atoms with Crippen LogP contribution in [-0.2, 0) is 13.0 Å². The summed E-state index contributed by atoms with van der Waals surface area (Å²) in [5.41, 5.74) is 4.01. The van der Waals surface area contributed by atoms with Crippen LogP contribution in [0.4, 0.5) is 0 Å². The van der Waals surface area contributed by atoms with Crippen molar-refractivity contribution in [2.45, 2.75) is 19.0 Å². The average Bonchev–Trinajstić information content (AvgIpc) is 2.60. The zero-order valence-electron chi connectivity index (χ0n) is 13.5. The molecule has 2 aromatic rings. The van der Waals surface area contributed by atoms with E-state index in [0.29, 0.717) is 17.2 Å². The molecule has 2 aliphatic rings. The van der Waals surface area contributed by atoms with Crippen LogP contribution in [0, 0.1) is 11.3 Å². The molecule has 4 heteroatoms. The lowest BCUT2D eigenvalue weighted by molar-refractivity contribution is 0.0218. The molecule has 24 heavy (non-hydrogen) atoms. The van der Waals surface area contributed by atoms with Crippen molar-refractivity contribution < 1.29 is 4.79 Å². The number of fused-ring (bicyclic) bond motifs is 1. The van der Waals surface area contributed by atoms with Crippen molar-refractivity contribution in [1.82, 2.24) is 9.80 Å². The molecule has 0 radical (unpaired) electrons. The van der Waals surface area contributed by atoms with E-state index in [-0.39, 0.29) is 5.91 Å². The summed E-state index contributed by atoms with van der Waals surface area (Å²) < 4.78 is 0. The van der Waals surface area contributed by atoms with E-state index in [1.165, 1.54) is 11.1 Å². The zero-order valence-corrected chi connectivity index (χ0v) is 13.5. The number of nitriles is 1. The van der Waals surface area contributed by atoms with E-state index in [1.807, 2.05) is 4.90 Å². The maximum absolute atomic E-state index is 12.5. The SMILES string of the molecule is N#Cc1cccc(C(=O)N2CC(N3CCc4ccccc4C3)C2)c1. The summed E-state index contributed by atoms with van der Waals surface area (Å²) in [5.74, 6) is 0.0285. The van der Waals surface area contributed by atoms with Crippen LogP contribution in [-0.4, -0.2) is 41.4 Å². The molecular formula is C20H19N3O. The minimum absolute atomic E-state index is 0.0285. The highest BCUT2D eigenvalue weighted by Crippen LogP contribution is 2.25. The number of likely N-dealkylation sites (tertiary alicyclic amines) is 1. The second kappa shape index (κ2) is 6.10. The lowest BCUT2D eigenvalue weighted by Crippen LogP contribution is -2.61. The van der Waals surface area contributed by atoms with Crippen molar-refractivity contribution in [2.75, 3.05) is 19.6 Å². The van der Waals surface area contributed by atoms with E-state index in [2.05, 4.69) is 35.2 Å². The quantitative estimate of drug-likeness (QED) is 0.855. The molecule has 2 aromatic carbocycles.